The predicted octanol–water partition coefficient (Wildman–Crippen LogP) is 1.28. The average molecular weight is 338 g/mol. The maximum absolute atomic E-state index is 11.2. The van der Waals surface area contributed by atoms with Gasteiger partial charge in [-0.1, -0.05) is 12.1 Å². The van der Waals surface area contributed by atoms with Crippen LogP contribution in [-0.2, 0) is 35.1 Å². The molecule has 2 heterocycles. The third-order valence-electron chi connectivity index (χ3n) is 4.30. The molecule has 132 valence electrons. The predicted molar refractivity (Wildman–Crippen MR) is 82.6 cm³/mol. The van der Waals surface area contributed by atoms with E-state index >= 15 is 0 Å². The van der Waals surface area contributed by atoms with Crippen molar-refractivity contribution in [3.05, 3.63) is 29.8 Å². The monoisotopic (exact) mass is 338 g/mol. The van der Waals surface area contributed by atoms with Crippen molar-refractivity contribution in [3.8, 4) is 5.75 Å². The number of ether oxygens (including phenoxy) is 6. The zero-order valence-electron chi connectivity index (χ0n) is 14.0. The minimum absolute atomic E-state index is 0.0754. The summed E-state index contributed by atoms with van der Waals surface area (Å²) in [5, 5.41) is 0. The van der Waals surface area contributed by atoms with Crippen LogP contribution in [0.4, 0.5) is 0 Å². The van der Waals surface area contributed by atoms with Crippen LogP contribution in [0.15, 0.2) is 24.3 Å². The lowest BCUT2D eigenvalue weighted by molar-refractivity contribution is -0.244. The molecule has 4 atom stereocenters. The van der Waals surface area contributed by atoms with Gasteiger partial charge in [0.15, 0.2) is 11.9 Å². The lowest BCUT2D eigenvalue weighted by Gasteiger charge is -2.30. The van der Waals surface area contributed by atoms with Crippen molar-refractivity contribution in [2.45, 2.75) is 37.6 Å². The standard InChI is InChI=1S/C17H22O7/c1-11(18)22-9-17-10-23-14(16(20-3)24-17)15(17)21-8-12-4-6-13(19-2)7-5-12/h4-7,14-16H,8-10H2,1-3H3/t14-,15+,16-,17+/m1/s1. The molecule has 2 aliphatic heterocycles. The van der Waals surface area contributed by atoms with Crippen molar-refractivity contribution in [2.24, 2.45) is 0 Å². The molecule has 24 heavy (non-hydrogen) atoms. The largest absolute Gasteiger partial charge is 0.497 e. The molecule has 0 unspecified atom stereocenters. The Morgan fingerprint density at radius 1 is 1.29 bits per heavy atom. The van der Waals surface area contributed by atoms with E-state index in [1.807, 2.05) is 24.3 Å². The minimum atomic E-state index is -0.830. The molecule has 1 aromatic carbocycles. The van der Waals surface area contributed by atoms with Crippen LogP contribution in [0.25, 0.3) is 0 Å². The summed E-state index contributed by atoms with van der Waals surface area (Å²) in [6, 6.07) is 7.62. The molecule has 2 fully saturated rings. The molecular formula is C17H22O7. The Labute approximate surface area is 140 Å². The first-order valence-electron chi connectivity index (χ1n) is 7.78. The number of benzene rings is 1. The highest BCUT2D eigenvalue weighted by molar-refractivity contribution is 5.66. The van der Waals surface area contributed by atoms with E-state index in [1.165, 1.54) is 6.92 Å². The molecule has 0 saturated carbocycles. The second-order valence-corrected chi connectivity index (χ2v) is 5.92. The molecule has 7 heteroatoms. The van der Waals surface area contributed by atoms with Gasteiger partial charge in [-0.05, 0) is 17.7 Å². The molecular weight excluding hydrogens is 316 g/mol. The average Bonchev–Trinajstić information content (AvgIpc) is 3.10. The summed E-state index contributed by atoms with van der Waals surface area (Å²) in [6.45, 7) is 2.13. The van der Waals surface area contributed by atoms with Crippen LogP contribution in [0.5, 0.6) is 5.75 Å². The van der Waals surface area contributed by atoms with Gasteiger partial charge in [0.25, 0.3) is 0 Å². The number of esters is 1. The van der Waals surface area contributed by atoms with Gasteiger partial charge in [-0.3, -0.25) is 4.79 Å². The molecule has 0 aliphatic carbocycles. The molecule has 0 aromatic heterocycles. The SMILES string of the molecule is COc1ccc(CO[C@H]2[C@H]3OC[C@]2(COC(C)=O)O[C@H]3OC)cc1. The van der Waals surface area contributed by atoms with E-state index in [9.17, 15) is 4.79 Å². The zero-order valence-corrected chi connectivity index (χ0v) is 14.0. The Hall–Kier alpha value is -1.67. The molecule has 0 spiro atoms. The topological polar surface area (TPSA) is 72.5 Å². The smallest absolute Gasteiger partial charge is 0.302 e. The number of carbonyl (C=O) groups excluding carboxylic acids is 1. The van der Waals surface area contributed by atoms with Gasteiger partial charge >= 0.3 is 5.97 Å². The van der Waals surface area contributed by atoms with E-state index in [4.69, 9.17) is 28.4 Å². The number of hydrogen-bond acceptors (Lipinski definition) is 7. The van der Waals surface area contributed by atoms with Crippen LogP contribution < -0.4 is 4.74 Å². The highest BCUT2D eigenvalue weighted by Crippen LogP contribution is 2.42. The summed E-state index contributed by atoms with van der Waals surface area (Å²) in [5.41, 5.74) is 0.169. The Bertz CT molecular complexity index is 573. The summed E-state index contributed by atoms with van der Waals surface area (Å²) >= 11 is 0. The van der Waals surface area contributed by atoms with E-state index in [0.717, 1.165) is 11.3 Å². The summed E-state index contributed by atoms with van der Waals surface area (Å²) in [4.78, 5) is 11.2. The Kier molecular flexibility index (Phi) is 5.05. The fraction of sp³-hybridized carbons (Fsp3) is 0.588. The van der Waals surface area contributed by atoms with Gasteiger partial charge in [-0.15, -0.1) is 0 Å². The number of carbonyl (C=O) groups is 1. The van der Waals surface area contributed by atoms with Gasteiger partial charge in [0.1, 0.15) is 24.6 Å². The highest BCUT2D eigenvalue weighted by Gasteiger charge is 2.63. The number of rotatable bonds is 7. The van der Waals surface area contributed by atoms with Crippen molar-refractivity contribution in [2.75, 3.05) is 27.4 Å². The van der Waals surface area contributed by atoms with Crippen LogP contribution in [0.3, 0.4) is 0 Å². The zero-order chi connectivity index (χ0) is 17.2. The molecule has 1 aromatic rings. The van der Waals surface area contributed by atoms with E-state index in [-0.39, 0.29) is 24.8 Å². The summed E-state index contributed by atoms with van der Waals surface area (Å²) < 4.78 is 33.3. The van der Waals surface area contributed by atoms with Crippen LogP contribution in [0.1, 0.15) is 12.5 Å². The van der Waals surface area contributed by atoms with Crippen molar-refractivity contribution < 1.29 is 33.2 Å². The van der Waals surface area contributed by atoms with Gasteiger partial charge in [-0.25, -0.2) is 0 Å². The first-order valence-corrected chi connectivity index (χ1v) is 7.78. The maximum Gasteiger partial charge on any atom is 0.302 e. The van der Waals surface area contributed by atoms with E-state index < -0.39 is 11.9 Å². The fourth-order valence-electron chi connectivity index (χ4n) is 3.05. The molecule has 2 saturated heterocycles. The van der Waals surface area contributed by atoms with Gasteiger partial charge in [-0.2, -0.15) is 0 Å². The molecule has 0 N–H and O–H groups in total. The minimum Gasteiger partial charge on any atom is -0.497 e. The van der Waals surface area contributed by atoms with Crippen LogP contribution in [-0.4, -0.2) is 57.5 Å². The Morgan fingerprint density at radius 2 is 2.04 bits per heavy atom. The summed E-state index contributed by atoms with van der Waals surface area (Å²) in [5.74, 6) is 0.420. The number of fused-ring (bicyclic) bond motifs is 2. The lowest BCUT2D eigenvalue weighted by atomic mass is 10.00. The van der Waals surface area contributed by atoms with Gasteiger partial charge < -0.3 is 28.4 Å². The Morgan fingerprint density at radius 3 is 2.67 bits per heavy atom. The second kappa shape index (κ2) is 7.06. The summed E-state index contributed by atoms with van der Waals surface area (Å²) in [7, 11) is 3.18. The molecule has 7 nitrogen and oxygen atoms in total. The van der Waals surface area contributed by atoms with Crippen molar-refractivity contribution >= 4 is 5.97 Å². The van der Waals surface area contributed by atoms with Crippen molar-refractivity contribution in [1.29, 1.82) is 0 Å². The molecule has 0 amide bonds. The van der Waals surface area contributed by atoms with Gasteiger partial charge in [0, 0.05) is 14.0 Å². The fourth-order valence-corrected chi connectivity index (χ4v) is 3.05. The number of methoxy groups -OCH3 is 2. The summed E-state index contributed by atoms with van der Waals surface area (Å²) in [6.07, 6.45) is -1.25. The number of hydrogen-bond donors (Lipinski definition) is 0. The molecule has 3 rings (SSSR count). The first kappa shape index (κ1) is 17.2. The molecule has 2 aliphatic rings. The third kappa shape index (κ3) is 3.25. The van der Waals surface area contributed by atoms with E-state index in [1.54, 1.807) is 14.2 Å². The molecule has 0 radical (unpaired) electrons. The first-order chi connectivity index (χ1) is 11.6. The van der Waals surface area contributed by atoms with Crippen molar-refractivity contribution in [1.82, 2.24) is 0 Å². The Balaban J connectivity index is 1.68. The van der Waals surface area contributed by atoms with Crippen molar-refractivity contribution in [3.63, 3.8) is 0 Å². The van der Waals surface area contributed by atoms with Crippen LogP contribution >= 0.6 is 0 Å². The van der Waals surface area contributed by atoms with Gasteiger partial charge in [0.05, 0.1) is 20.3 Å². The second-order valence-electron chi connectivity index (χ2n) is 5.92. The van der Waals surface area contributed by atoms with Gasteiger partial charge in [0.2, 0.25) is 0 Å². The van der Waals surface area contributed by atoms with E-state index in [2.05, 4.69) is 0 Å². The third-order valence-corrected chi connectivity index (χ3v) is 4.30. The lowest BCUT2D eigenvalue weighted by Crippen LogP contribution is -2.46. The molecule has 2 bridgehead atoms. The normalized spacial score (nSPS) is 31.2. The van der Waals surface area contributed by atoms with Crippen LogP contribution in [0, 0.1) is 0 Å². The quantitative estimate of drug-likeness (QED) is 0.694. The van der Waals surface area contributed by atoms with Crippen LogP contribution in [0.2, 0.25) is 0 Å². The highest BCUT2D eigenvalue weighted by atomic mass is 16.8. The van der Waals surface area contributed by atoms with E-state index in [0.29, 0.717) is 13.2 Å². The maximum atomic E-state index is 11.2.